The van der Waals surface area contributed by atoms with Gasteiger partial charge in [-0.2, -0.15) is 4.42 Å². The Kier molecular flexibility index (Phi) is 4.24. The lowest BCUT2D eigenvalue weighted by molar-refractivity contribution is -0.148. The number of aromatic amines is 1. The summed E-state index contributed by atoms with van der Waals surface area (Å²) in [5, 5.41) is 1.00. The molecule has 2 aromatic rings. The number of fused-ring (bicyclic) bond motifs is 3. The van der Waals surface area contributed by atoms with Gasteiger partial charge in [0.05, 0.1) is 0 Å². The summed E-state index contributed by atoms with van der Waals surface area (Å²) in [6.07, 6.45) is 1.89. The van der Waals surface area contributed by atoms with Gasteiger partial charge in [0, 0.05) is 23.0 Å². The Morgan fingerprint density at radius 2 is 2.22 bits per heavy atom. The van der Waals surface area contributed by atoms with Gasteiger partial charge in [0.25, 0.3) is 0 Å². The molecule has 2 atom stereocenters. The number of ether oxygens (including phenoxy) is 1. The Labute approximate surface area is 139 Å². The first kappa shape index (κ1) is 15.8. The van der Waals surface area contributed by atoms with Gasteiger partial charge in [-0.3, -0.25) is 9.59 Å². The van der Waals surface area contributed by atoms with Crippen molar-refractivity contribution in [1.29, 1.82) is 0 Å². The second-order valence-electron chi connectivity index (χ2n) is 5.56. The number of carbonyl (C=O) groups excluding carboxylic acids is 2. The molecule has 0 saturated heterocycles. The molecule has 2 heterocycles. The van der Waals surface area contributed by atoms with Crippen LogP contribution in [0.3, 0.4) is 0 Å². The van der Waals surface area contributed by atoms with Gasteiger partial charge in [0.1, 0.15) is 18.7 Å². The number of nitrogens with zero attached hydrogens (tertiary/aromatic N) is 1. The van der Waals surface area contributed by atoms with Crippen LogP contribution in [0, 0.1) is 0 Å². The molecule has 3 rings (SSSR count). The first-order valence-electron chi connectivity index (χ1n) is 7.36. The Morgan fingerprint density at radius 3 is 2.91 bits per heavy atom. The highest BCUT2D eigenvalue weighted by molar-refractivity contribution is 6.17. The lowest BCUT2D eigenvalue weighted by Gasteiger charge is -2.34. The smallest absolute Gasteiger partial charge is 0.325 e. The highest BCUT2D eigenvalue weighted by atomic mass is 35.5. The van der Waals surface area contributed by atoms with Crippen molar-refractivity contribution >= 4 is 34.4 Å². The van der Waals surface area contributed by atoms with Crippen LogP contribution in [0.5, 0.6) is 0 Å². The molecule has 0 fully saturated rings. The molecule has 6 heteroatoms. The van der Waals surface area contributed by atoms with Gasteiger partial charge in [-0.05, 0) is 30.3 Å². The van der Waals surface area contributed by atoms with Crippen LogP contribution in [-0.2, 0) is 20.7 Å². The zero-order valence-electron chi connectivity index (χ0n) is 12.7. The third-order valence-corrected chi connectivity index (χ3v) is 4.49. The van der Waals surface area contributed by atoms with E-state index in [4.69, 9.17) is 16.5 Å². The van der Waals surface area contributed by atoms with Crippen LogP contribution in [0.4, 0.5) is 0 Å². The van der Waals surface area contributed by atoms with E-state index in [1.165, 1.54) is 17.4 Å². The fourth-order valence-corrected chi connectivity index (χ4v) is 3.44. The summed E-state index contributed by atoms with van der Waals surface area (Å²) in [6.45, 7) is 5.11. The highest BCUT2D eigenvalue weighted by Crippen LogP contribution is 2.39. The molecule has 1 aromatic carbocycles. The Hall–Kier alpha value is -2.11. The summed E-state index contributed by atoms with van der Waals surface area (Å²) < 4.78 is 6.40. The highest BCUT2D eigenvalue weighted by Gasteiger charge is 2.42. The minimum Gasteiger partial charge on any atom is -0.460 e. The zero-order chi connectivity index (χ0) is 16.6. The summed E-state index contributed by atoms with van der Waals surface area (Å²) in [5.41, 5.74) is 2.62. The third kappa shape index (κ3) is 2.66. The number of Topliss-reactive ketones (excluding diaryl/α,β-unsaturated/α-hetero) is 1. The predicted octanol–water partition coefficient (Wildman–Crippen LogP) is 2.91. The van der Waals surface area contributed by atoms with E-state index in [0.717, 1.165) is 22.2 Å². The quantitative estimate of drug-likeness (QED) is 0.531. The van der Waals surface area contributed by atoms with Crippen LogP contribution in [-0.4, -0.2) is 33.8 Å². The van der Waals surface area contributed by atoms with Crippen molar-refractivity contribution < 1.29 is 14.3 Å². The predicted molar refractivity (Wildman–Crippen MR) is 88.1 cm³/mol. The lowest BCUT2D eigenvalue weighted by Crippen LogP contribution is -2.45. The van der Waals surface area contributed by atoms with Crippen molar-refractivity contribution in [3.8, 4) is 0 Å². The number of hydrogen-bond acceptors (Lipinski definition) is 4. The molecule has 5 nitrogen and oxygen atoms in total. The molecule has 1 aliphatic rings. The monoisotopic (exact) mass is 332 g/mol. The molecule has 0 aliphatic carbocycles. The SMILES string of the molecule is C=CCOC(=O)C1Cc2c([nH]c3ccccc23)C(C(C)=O)N1Cl. The normalized spacial score (nSPS) is 21.0. The second kappa shape index (κ2) is 6.18. The van der Waals surface area contributed by atoms with E-state index in [2.05, 4.69) is 11.6 Å². The molecule has 1 aromatic heterocycles. The number of para-hydroxylation sites is 1. The minimum absolute atomic E-state index is 0.117. The molecule has 23 heavy (non-hydrogen) atoms. The molecule has 0 bridgehead atoms. The van der Waals surface area contributed by atoms with Crippen LogP contribution < -0.4 is 0 Å². The molecule has 0 amide bonds. The first-order valence-corrected chi connectivity index (χ1v) is 7.70. The Bertz CT molecular complexity index is 783. The maximum Gasteiger partial charge on any atom is 0.325 e. The summed E-state index contributed by atoms with van der Waals surface area (Å²) in [6, 6.07) is 6.34. The molecular formula is C17H17ClN2O3. The van der Waals surface area contributed by atoms with Crippen LogP contribution in [0.15, 0.2) is 36.9 Å². The van der Waals surface area contributed by atoms with E-state index < -0.39 is 18.1 Å². The Morgan fingerprint density at radius 1 is 1.48 bits per heavy atom. The summed E-state index contributed by atoms with van der Waals surface area (Å²) in [4.78, 5) is 27.7. The fourth-order valence-electron chi connectivity index (χ4n) is 3.06. The number of esters is 1. The van der Waals surface area contributed by atoms with E-state index in [1.54, 1.807) is 0 Å². The van der Waals surface area contributed by atoms with E-state index in [1.807, 2.05) is 24.3 Å². The van der Waals surface area contributed by atoms with Crippen molar-refractivity contribution in [1.82, 2.24) is 9.40 Å². The van der Waals surface area contributed by atoms with Crippen molar-refractivity contribution in [2.24, 2.45) is 0 Å². The topological polar surface area (TPSA) is 62.4 Å². The third-order valence-electron chi connectivity index (χ3n) is 4.06. The van der Waals surface area contributed by atoms with Gasteiger partial charge in [-0.25, -0.2) is 0 Å². The van der Waals surface area contributed by atoms with E-state index in [0.29, 0.717) is 6.42 Å². The van der Waals surface area contributed by atoms with Gasteiger partial charge < -0.3 is 9.72 Å². The number of aromatic nitrogens is 1. The molecular weight excluding hydrogens is 316 g/mol. The Balaban J connectivity index is 2.07. The molecule has 0 spiro atoms. The molecule has 0 saturated carbocycles. The number of carbonyl (C=O) groups is 2. The van der Waals surface area contributed by atoms with E-state index in [9.17, 15) is 9.59 Å². The van der Waals surface area contributed by atoms with Gasteiger partial charge in [-0.15, -0.1) is 0 Å². The summed E-state index contributed by atoms with van der Waals surface area (Å²) in [5.74, 6) is -0.587. The van der Waals surface area contributed by atoms with Crippen LogP contribution in [0.25, 0.3) is 10.9 Å². The maximum absolute atomic E-state index is 12.3. The number of rotatable bonds is 4. The maximum atomic E-state index is 12.3. The fraction of sp³-hybridized carbons (Fsp3) is 0.294. The lowest BCUT2D eigenvalue weighted by atomic mass is 9.92. The summed E-state index contributed by atoms with van der Waals surface area (Å²) in [7, 11) is 0. The van der Waals surface area contributed by atoms with Crippen molar-refractivity contribution in [2.75, 3.05) is 6.61 Å². The van der Waals surface area contributed by atoms with Crippen LogP contribution >= 0.6 is 11.8 Å². The molecule has 2 unspecified atom stereocenters. The van der Waals surface area contributed by atoms with Gasteiger partial charge in [0.15, 0.2) is 5.78 Å². The minimum atomic E-state index is -0.711. The molecule has 1 N–H and O–H groups in total. The average Bonchev–Trinajstić information content (AvgIpc) is 2.89. The van der Waals surface area contributed by atoms with Gasteiger partial charge >= 0.3 is 5.97 Å². The van der Waals surface area contributed by atoms with Crippen molar-refractivity contribution in [2.45, 2.75) is 25.4 Å². The van der Waals surface area contributed by atoms with Crippen LogP contribution in [0.1, 0.15) is 24.2 Å². The molecule has 0 radical (unpaired) electrons. The molecule has 120 valence electrons. The number of ketones is 1. The number of H-pyrrole nitrogens is 1. The number of halogens is 1. The van der Waals surface area contributed by atoms with E-state index >= 15 is 0 Å². The van der Waals surface area contributed by atoms with Gasteiger partial charge in [-0.1, -0.05) is 30.9 Å². The standard InChI is InChI=1S/C17H17ClN2O3/c1-3-8-23-17(22)14-9-12-11-6-4-5-7-13(11)19-15(12)16(10(2)21)20(14)18/h3-7,14,16,19H,1,8-9H2,2H3. The van der Waals surface area contributed by atoms with Crippen LogP contribution in [0.2, 0.25) is 0 Å². The number of nitrogens with one attached hydrogen (secondary N) is 1. The zero-order valence-corrected chi connectivity index (χ0v) is 13.5. The molecule has 1 aliphatic heterocycles. The first-order chi connectivity index (χ1) is 11.0. The van der Waals surface area contributed by atoms with Gasteiger partial charge in [0.2, 0.25) is 0 Å². The number of hydrogen-bond donors (Lipinski definition) is 1. The number of benzene rings is 1. The van der Waals surface area contributed by atoms with Crippen molar-refractivity contribution in [3.05, 3.63) is 48.2 Å². The van der Waals surface area contributed by atoms with E-state index in [-0.39, 0.29) is 12.4 Å². The largest absolute Gasteiger partial charge is 0.460 e. The van der Waals surface area contributed by atoms with Crippen molar-refractivity contribution in [3.63, 3.8) is 0 Å². The average molecular weight is 333 g/mol. The summed E-state index contributed by atoms with van der Waals surface area (Å²) >= 11 is 6.34. The second-order valence-corrected chi connectivity index (χ2v) is 5.95.